The van der Waals surface area contributed by atoms with Gasteiger partial charge in [-0.15, -0.1) is 0 Å². The number of rotatable bonds is 1. The van der Waals surface area contributed by atoms with Gasteiger partial charge in [0.1, 0.15) is 5.58 Å². The van der Waals surface area contributed by atoms with Crippen LogP contribution in [0.5, 0.6) is 0 Å². The Morgan fingerprint density at radius 1 is 1.00 bits per heavy atom. The molecule has 0 aliphatic carbocycles. The van der Waals surface area contributed by atoms with Crippen molar-refractivity contribution >= 4 is 40.1 Å². The molecule has 2 aromatic carbocycles. The largest absolute Gasteiger partial charge is 0.450 e. The summed E-state index contributed by atoms with van der Waals surface area (Å²) in [6, 6.07) is 11.2. The molecule has 23 heavy (non-hydrogen) atoms. The molecule has 0 fully saturated rings. The molecule has 4 rings (SSSR count). The summed E-state index contributed by atoms with van der Waals surface area (Å²) in [5, 5.41) is 4.07. The van der Waals surface area contributed by atoms with Gasteiger partial charge >= 0.3 is 0 Å². The van der Waals surface area contributed by atoms with Crippen molar-refractivity contribution in [2.45, 2.75) is 6.04 Å². The lowest BCUT2D eigenvalue weighted by atomic mass is 9.99. The van der Waals surface area contributed by atoms with Crippen LogP contribution in [0.3, 0.4) is 0 Å². The first-order chi connectivity index (χ1) is 11.0. The topological polar surface area (TPSA) is 59.3 Å². The van der Waals surface area contributed by atoms with Gasteiger partial charge in [-0.3, -0.25) is 9.59 Å². The lowest BCUT2D eigenvalue weighted by Crippen LogP contribution is -2.21. The lowest BCUT2D eigenvalue weighted by molar-refractivity contribution is 0.0938. The van der Waals surface area contributed by atoms with E-state index in [1.165, 1.54) is 0 Å². The van der Waals surface area contributed by atoms with Gasteiger partial charge in [-0.25, -0.2) is 0 Å². The first kappa shape index (κ1) is 14.3. The molecule has 2 heterocycles. The van der Waals surface area contributed by atoms with Crippen LogP contribution in [-0.4, -0.2) is 5.91 Å². The number of nitrogens with one attached hydrogen (secondary N) is 1. The highest BCUT2D eigenvalue weighted by Gasteiger charge is 2.35. The Kier molecular flexibility index (Phi) is 3.18. The van der Waals surface area contributed by atoms with Crippen molar-refractivity contribution in [2.24, 2.45) is 0 Å². The van der Waals surface area contributed by atoms with Crippen molar-refractivity contribution in [2.75, 3.05) is 0 Å². The van der Waals surface area contributed by atoms with Gasteiger partial charge in [-0.1, -0.05) is 35.3 Å². The molecule has 0 spiro atoms. The average Bonchev–Trinajstić information content (AvgIpc) is 2.86. The third-order valence-electron chi connectivity index (χ3n) is 3.84. The van der Waals surface area contributed by atoms with Crippen LogP contribution in [0.1, 0.15) is 27.7 Å². The molecule has 4 nitrogen and oxygen atoms in total. The molecule has 1 atom stereocenters. The zero-order valence-corrected chi connectivity index (χ0v) is 13.1. The van der Waals surface area contributed by atoms with Crippen LogP contribution in [0, 0.1) is 0 Å². The van der Waals surface area contributed by atoms with Gasteiger partial charge in [0.05, 0.1) is 17.0 Å². The normalized spacial score (nSPS) is 16.4. The van der Waals surface area contributed by atoms with E-state index in [2.05, 4.69) is 5.32 Å². The summed E-state index contributed by atoms with van der Waals surface area (Å²) in [7, 11) is 0. The molecule has 114 valence electrons. The third-order valence-corrected chi connectivity index (χ3v) is 4.31. The van der Waals surface area contributed by atoms with Crippen LogP contribution >= 0.6 is 23.2 Å². The van der Waals surface area contributed by atoms with Gasteiger partial charge < -0.3 is 9.73 Å². The van der Waals surface area contributed by atoms with Crippen LogP contribution in [-0.2, 0) is 0 Å². The number of carbonyl (C=O) groups is 1. The van der Waals surface area contributed by atoms with E-state index in [4.69, 9.17) is 27.6 Å². The van der Waals surface area contributed by atoms with E-state index >= 15 is 0 Å². The van der Waals surface area contributed by atoms with Gasteiger partial charge in [0.15, 0.2) is 5.43 Å². The van der Waals surface area contributed by atoms with Gasteiger partial charge in [-0.2, -0.15) is 0 Å². The van der Waals surface area contributed by atoms with E-state index in [0.717, 1.165) is 5.56 Å². The van der Waals surface area contributed by atoms with Gasteiger partial charge in [0.2, 0.25) is 5.76 Å². The summed E-state index contributed by atoms with van der Waals surface area (Å²) < 4.78 is 5.63. The molecule has 0 saturated heterocycles. The SMILES string of the molecule is O=C1NC(c2cccc(Cl)c2)c2c1oc1ccc(Cl)cc1c2=O. The highest BCUT2D eigenvalue weighted by molar-refractivity contribution is 6.31. The van der Waals surface area contributed by atoms with E-state index in [1.54, 1.807) is 42.5 Å². The summed E-state index contributed by atoms with van der Waals surface area (Å²) in [5.74, 6) is -0.381. The number of carbonyl (C=O) groups excluding carboxylic acids is 1. The number of hydrogen-bond donors (Lipinski definition) is 1. The van der Waals surface area contributed by atoms with Crippen LogP contribution < -0.4 is 10.7 Å². The van der Waals surface area contributed by atoms with Crippen molar-refractivity contribution in [3.63, 3.8) is 0 Å². The standard InChI is InChI=1S/C17H9Cl2NO3/c18-9-3-1-2-8(6-9)14-13-15(21)11-7-10(19)4-5-12(11)23-16(13)17(22)20-14/h1-7,14H,(H,20,22). The Bertz CT molecular complexity index is 1030. The second-order valence-corrected chi connectivity index (χ2v) is 6.15. The maximum Gasteiger partial charge on any atom is 0.288 e. The number of halogens is 2. The molecule has 1 aromatic heterocycles. The van der Waals surface area contributed by atoms with Gasteiger partial charge in [0.25, 0.3) is 5.91 Å². The van der Waals surface area contributed by atoms with E-state index < -0.39 is 11.9 Å². The minimum atomic E-state index is -0.587. The molecule has 1 aliphatic heterocycles. The Hall–Kier alpha value is -2.30. The number of fused-ring (bicyclic) bond motifs is 2. The first-order valence-corrected chi connectivity index (χ1v) is 7.63. The molecule has 6 heteroatoms. The predicted octanol–water partition coefficient (Wildman–Crippen LogP) is 3.93. The smallest absolute Gasteiger partial charge is 0.288 e. The van der Waals surface area contributed by atoms with E-state index in [1.807, 2.05) is 0 Å². The molecule has 0 bridgehead atoms. The molecule has 0 saturated carbocycles. The zero-order chi connectivity index (χ0) is 16.1. The van der Waals surface area contributed by atoms with Crippen molar-refractivity contribution in [3.8, 4) is 0 Å². The maximum absolute atomic E-state index is 12.8. The molecule has 1 aliphatic rings. The summed E-state index contributed by atoms with van der Waals surface area (Å²) in [4.78, 5) is 25.0. The fourth-order valence-corrected chi connectivity index (χ4v) is 3.19. The van der Waals surface area contributed by atoms with E-state index in [0.29, 0.717) is 21.0 Å². The molecule has 1 N–H and O–H groups in total. The Morgan fingerprint density at radius 3 is 2.57 bits per heavy atom. The lowest BCUT2D eigenvalue weighted by Gasteiger charge is -2.11. The first-order valence-electron chi connectivity index (χ1n) is 6.87. The zero-order valence-electron chi connectivity index (χ0n) is 11.6. The van der Waals surface area contributed by atoms with E-state index in [9.17, 15) is 9.59 Å². The molecule has 0 radical (unpaired) electrons. The van der Waals surface area contributed by atoms with Gasteiger partial charge in [0, 0.05) is 10.0 Å². The quantitative estimate of drug-likeness (QED) is 0.726. The van der Waals surface area contributed by atoms with Crippen molar-refractivity contribution < 1.29 is 9.21 Å². The van der Waals surface area contributed by atoms with Crippen LogP contribution in [0.4, 0.5) is 0 Å². The van der Waals surface area contributed by atoms with Crippen LogP contribution in [0.2, 0.25) is 10.0 Å². The molecule has 1 amide bonds. The average molecular weight is 346 g/mol. The summed E-state index contributed by atoms with van der Waals surface area (Å²) in [6.07, 6.45) is 0. The third kappa shape index (κ3) is 2.22. The summed E-state index contributed by atoms with van der Waals surface area (Å²) in [6.45, 7) is 0. The Morgan fingerprint density at radius 2 is 1.78 bits per heavy atom. The molecule has 3 aromatic rings. The number of benzene rings is 2. The van der Waals surface area contributed by atoms with Crippen molar-refractivity contribution in [1.29, 1.82) is 0 Å². The minimum Gasteiger partial charge on any atom is -0.450 e. The van der Waals surface area contributed by atoms with Crippen molar-refractivity contribution in [3.05, 3.63) is 79.6 Å². The fourth-order valence-electron chi connectivity index (χ4n) is 2.82. The maximum atomic E-state index is 12.8. The predicted molar refractivity (Wildman–Crippen MR) is 88.3 cm³/mol. The summed E-state index contributed by atoms with van der Waals surface area (Å²) in [5.41, 5.74) is 1.07. The number of amides is 1. The van der Waals surface area contributed by atoms with Crippen LogP contribution in [0.25, 0.3) is 11.0 Å². The second kappa shape index (κ2) is 5.11. The van der Waals surface area contributed by atoms with Crippen molar-refractivity contribution in [1.82, 2.24) is 5.32 Å². The number of hydrogen-bond acceptors (Lipinski definition) is 3. The monoisotopic (exact) mass is 345 g/mol. The molecular weight excluding hydrogens is 337 g/mol. The Balaban J connectivity index is 2.01. The highest BCUT2D eigenvalue weighted by atomic mass is 35.5. The fraction of sp³-hybridized carbons (Fsp3) is 0.0588. The Labute approximate surface area is 140 Å². The molecular formula is C17H9Cl2NO3. The minimum absolute atomic E-state index is 0.0368. The molecule has 1 unspecified atom stereocenters. The second-order valence-electron chi connectivity index (χ2n) is 5.28. The van der Waals surface area contributed by atoms with Crippen LogP contribution in [0.15, 0.2) is 51.7 Å². The highest BCUT2D eigenvalue weighted by Crippen LogP contribution is 2.32. The van der Waals surface area contributed by atoms with Gasteiger partial charge in [-0.05, 0) is 35.9 Å². The summed E-state index contributed by atoms with van der Waals surface area (Å²) >= 11 is 12.0. The van der Waals surface area contributed by atoms with E-state index in [-0.39, 0.29) is 16.8 Å².